The number of pyridine rings is 1. The van der Waals surface area contributed by atoms with E-state index in [0.717, 1.165) is 37.4 Å². The number of aryl methyl sites for hydroxylation is 2. The van der Waals surface area contributed by atoms with Crippen LogP contribution < -0.4 is 10.9 Å². The summed E-state index contributed by atoms with van der Waals surface area (Å²) in [5.41, 5.74) is 2.76. The molecule has 4 rings (SSSR count). The summed E-state index contributed by atoms with van der Waals surface area (Å²) in [6.07, 6.45) is 5.21. The van der Waals surface area contributed by atoms with Gasteiger partial charge in [0.15, 0.2) is 0 Å². The summed E-state index contributed by atoms with van der Waals surface area (Å²) >= 11 is 0. The first-order valence-electron chi connectivity index (χ1n) is 10.1. The van der Waals surface area contributed by atoms with Crippen LogP contribution in [0.2, 0.25) is 0 Å². The van der Waals surface area contributed by atoms with Gasteiger partial charge in [-0.05, 0) is 38.0 Å². The molecule has 1 saturated heterocycles. The molecule has 30 heavy (non-hydrogen) atoms. The minimum absolute atomic E-state index is 0.203. The third-order valence-corrected chi connectivity index (χ3v) is 5.34. The molecule has 0 spiro atoms. The number of hydrogen-bond donors (Lipinski definition) is 2. The normalized spacial score (nSPS) is 15.8. The second kappa shape index (κ2) is 8.76. The van der Waals surface area contributed by atoms with Crippen LogP contribution in [0.25, 0.3) is 11.3 Å². The maximum absolute atomic E-state index is 12.9. The highest BCUT2D eigenvalue weighted by atomic mass is 16.5. The first-order chi connectivity index (χ1) is 14.5. The van der Waals surface area contributed by atoms with Gasteiger partial charge in [0.05, 0.1) is 23.7 Å². The van der Waals surface area contributed by atoms with E-state index >= 15 is 0 Å². The fourth-order valence-electron chi connectivity index (χ4n) is 3.79. The van der Waals surface area contributed by atoms with Crippen molar-refractivity contribution in [2.24, 2.45) is 7.05 Å². The maximum Gasteiger partial charge on any atom is 0.251 e. The lowest BCUT2D eigenvalue weighted by Gasteiger charge is -2.23. The van der Waals surface area contributed by atoms with Gasteiger partial charge in [-0.25, -0.2) is 9.97 Å². The Hall–Kier alpha value is -3.04. The first-order valence-corrected chi connectivity index (χ1v) is 10.1. The maximum atomic E-state index is 12.9. The minimum Gasteiger partial charge on any atom is -0.394 e. The third-order valence-electron chi connectivity index (χ3n) is 5.34. The van der Waals surface area contributed by atoms with Gasteiger partial charge >= 0.3 is 0 Å². The number of aromatic nitrogens is 5. The number of aliphatic hydroxyl groups is 1. The van der Waals surface area contributed by atoms with E-state index < -0.39 is 6.04 Å². The molecule has 1 atom stereocenters. The summed E-state index contributed by atoms with van der Waals surface area (Å²) in [4.78, 5) is 21.7. The molecule has 9 heteroatoms. The van der Waals surface area contributed by atoms with Crippen molar-refractivity contribution in [1.29, 1.82) is 0 Å². The number of anilines is 1. The number of hydrogen-bond acceptors (Lipinski definition) is 7. The van der Waals surface area contributed by atoms with Gasteiger partial charge in [-0.1, -0.05) is 0 Å². The van der Waals surface area contributed by atoms with E-state index in [0.29, 0.717) is 17.2 Å². The molecule has 0 aromatic carbocycles. The Labute approximate surface area is 174 Å². The van der Waals surface area contributed by atoms with Gasteiger partial charge in [0.2, 0.25) is 5.95 Å². The lowest BCUT2D eigenvalue weighted by atomic mass is 10.1. The summed E-state index contributed by atoms with van der Waals surface area (Å²) in [7, 11) is 1.80. The largest absolute Gasteiger partial charge is 0.394 e. The summed E-state index contributed by atoms with van der Waals surface area (Å²) in [5, 5.41) is 17.6. The zero-order valence-electron chi connectivity index (χ0n) is 17.2. The molecule has 0 radical (unpaired) electrons. The van der Waals surface area contributed by atoms with Crippen LogP contribution in [-0.2, 0) is 11.8 Å². The zero-order valence-corrected chi connectivity index (χ0v) is 17.2. The van der Waals surface area contributed by atoms with Gasteiger partial charge in [0.25, 0.3) is 5.56 Å². The average molecular weight is 410 g/mol. The van der Waals surface area contributed by atoms with E-state index in [1.165, 1.54) is 10.6 Å². The standard InChI is InChI=1S/C21H26N6O3/c1-14-11-18(26(2)25-14)19(13-28)27-8-4-15(12-20(27)29)17-3-7-22-21(24-17)23-16-5-9-30-10-6-16/h3-4,7-8,11-12,16,19,28H,5-6,9-10,13H2,1-2H3,(H,22,23,24). The Bertz CT molecular complexity index is 1070. The van der Waals surface area contributed by atoms with Crippen LogP contribution in [0.15, 0.2) is 41.5 Å². The Morgan fingerprint density at radius 3 is 2.77 bits per heavy atom. The Kier molecular flexibility index (Phi) is 5.91. The van der Waals surface area contributed by atoms with Gasteiger partial charge in [0, 0.05) is 50.3 Å². The predicted octanol–water partition coefficient (Wildman–Crippen LogP) is 1.52. The Morgan fingerprint density at radius 1 is 1.30 bits per heavy atom. The molecular weight excluding hydrogens is 384 g/mol. The van der Waals surface area contributed by atoms with E-state index in [2.05, 4.69) is 20.4 Å². The third kappa shape index (κ3) is 4.27. The molecule has 0 amide bonds. The molecule has 1 unspecified atom stereocenters. The quantitative estimate of drug-likeness (QED) is 0.634. The summed E-state index contributed by atoms with van der Waals surface area (Å²) in [5.74, 6) is 0.544. The van der Waals surface area contributed by atoms with Crippen molar-refractivity contribution >= 4 is 5.95 Å². The van der Waals surface area contributed by atoms with E-state index in [1.54, 1.807) is 30.2 Å². The fourth-order valence-corrected chi connectivity index (χ4v) is 3.79. The molecule has 2 N–H and O–H groups in total. The van der Waals surface area contributed by atoms with Crippen LogP contribution in [0.5, 0.6) is 0 Å². The predicted molar refractivity (Wildman–Crippen MR) is 112 cm³/mol. The van der Waals surface area contributed by atoms with Crippen LogP contribution in [-0.4, -0.2) is 55.3 Å². The molecular formula is C21H26N6O3. The fraction of sp³-hybridized carbons (Fsp3) is 0.429. The van der Waals surface area contributed by atoms with Crippen molar-refractivity contribution in [3.63, 3.8) is 0 Å². The second-order valence-electron chi connectivity index (χ2n) is 7.49. The van der Waals surface area contributed by atoms with Gasteiger partial charge in [-0.15, -0.1) is 0 Å². The Balaban J connectivity index is 1.59. The topological polar surface area (TPSA) is 107 Å². The number of rotatable bonds is 6. The molecule has 1 fully saturated rings. The molecule has 0 saturated carbocycles. The van der Waals surface area contributed by atoms with E-state index in [9.17, 15) is 9.90 Å². The molecule has 9 nitrogen and oxygen atoms in total. The van der Waals surface area contributed by atoms with Crippen molar-refractivity contribution in [2.45, 2.75) is 31.8 Å². The molecule has 4 heterocycles. The van der Waals surface area contributed by atoms with Crippen LogP contribution in [0.4, 0.5) is 5.95 Å². The number of ether oxygens (including phenoxy) is 1. The van der Waals surface area contributed by atoms with Gasteiger partial charge in [0.1, 0.15) is 6.04 Å². The molecule has 1 aliphatic heterocycles. The van der Waals surface area contributed by atoms with E-state index in [-0.39, 0.29) is 18.2 Å². The average Bonchev–Trinajstić information content (AvgIpc) is 3.08. The second-order valence-corrected chi connectivity index (χ2v) is 7.49. The summed E-state index contributed by atoms with van der Waals surface area (Å²) < 4.78 is 8.59. The van der Waals surface area contributed by atoms with Crippen molar-refractivity contribution in [2.75, 3.05) is 25.1 Å². The molecule has 0 aliphatic carbocycles. The Morgan fingerprint density at radius 2 is 2.10 bits per heavy atom. The number of aliphatic hydroxyl groups excluding tert-OH is 1. The van der Waals surface area contributed by atoms with Gasteiger partial charge < -0.3 is 19.7 Å². The monoisotopic (exact) mass is 410 g/mol. The molecule has 3 aromatic rings. The molecule has 1 aliphatic rings. The smallest absolute Gasteiger partial charge is 0.251 e. The van der Waals surface area contributed by atoms with E-state index in [1.807, 2.05) is 19.1 Å². The van der Waals surface area contributed by atoms with Crippen LogP contribution in [0.1, 0.15) is 30.3 Å². The summed E-state index contributed by atoms with van der Waals surface area (Å²) in [6, 6.07) is 6.80. The lowest BCUT2D eigenvalue weighted by Crippen LogP contribution is -2.29. The highest BCUT2D eigenvalue weighted by Gasteiger charge is 2.19. The van der Waals surface area contributed by atoms with Crippen molar-refractivity contribution in [3.8, 4) is 11.3 Å². The molecule has 158 valence electrons. The van der Waals surface area contributed by atoms with Crippen molar-refractivity contribution in [3.05, 3.63) is 58.4 Å². The number of nitrogens with one attached hydrogen (secondary N) is 1. The summed E-state index contributed by atoms with van der Waals surface area (Å²) in [6.45, 7) is 3.14. The van der Waals surface area contributed by atoms with Crippen molar-refractivity contribution in [1.82, 2.24) is 24.3 Å². The van der Waals surface area contributed by atoms with Crippen LogP contribution in [0.3, 0.4) is 0 Å². The zero-order chi connectivity index (χ0) is 21.1. The first kappa shape index (κ1) is 20.2. The SMILES string of the molecule is Cc1cc(C(CO)n2ccc(-c3ccnc(NC4CCOCC4)n3)cc2=O)n(C)n1. The van der Waals surface area contributed by atoms with Crippen LogP contribution in [0, 0.1) is 6.92 Å². The van der Waals surface area contributed by atoms with Crippen molar-refractivity contribution < 1.29 is 9.84 Å². The molecule has 0 bridgehead atoms. The molecule has 3 aromatic heterocycles. The highest BCUT2D eigenvalue weighted by molar-refractivity contribution is 5.59. The van der Waals surface area contributed by atoms with E-state index in [4.69, 9.17) is 4.74 Å². The van der Waals surface area contributed by atoms with Gasteiger partial charge in [-0.3, -0.25) is 9.48 Å². The lowest BCUT2D eigenvalue weighted by molar-refractivity contribution is 0.0903. The van der Waals surface area contributed by atoms with Gasteiger partial charge in [-0.2, -0.15) is 5.10 Å². The highest BCUT2D eigenvalue weighted by Crippen LogP contribution is 2.21. The van der Waals surface area contributed by atoms with Crippen LogP contribution >= 0.6 is 0 Å². The number of nitrogens with zero attached hydrogens (tertiary/aromatic N) is 5. The minimum atomic E-state index is -0.506.